The van der Waals surface area contributed by atoms with Gasteiger partial charge in [0.2, 0.25) is 0 Å². The first kappa shape index (κ1) is 47.2. The van der Waals surface area contributed by atoms with Crippen LogP contribution in [0.25, 0.3) is 0 Å². The maximum atomic E-state index is 7.23. The highest BCUT2D eigenvalue weighted by atomic mass is 28.4. The van der Waals surface area contributed by atoms with Gasteiger partial charge in [-0.1, -0.05) is 148 Å². The van der Waals surface area contributed by atoms with E-state index < -0.39 is 8.32 Å². The van der Waals surface area contributed by atoms with Crippen molar-refractivity contribution in [3.8, 4) is 5.75 Å². The van der Waals surface area contributed by atoms with Gasteiger partial charge in [-0.3, -0.25) is 0 Å². The molecule has 1 fully saturated rings. The molecule has 0 N–H and O–H groups in total. The van der Waals surface area contributed by atoms with E-state index in [1.165, 1.54) is 15.9 Å². The highest BCUT2D eigenvalue weighted by Crippen LogP contribution is 2.39. The van der Waals surface area contributed by atoms with Crippen molar-refractivity contribution in [2.75, 3.05) is 20.5 Å². The molecule has 332 valence electrons. The predicted molar refractivity (Wildman–Crippen MR) is 253 cm³/mol. The molecule has 4 aromatic rings. The maximum Gasteiger partial charge on any atom is 0.261 e. The molecule has 0 amide bonds. The monoisotopic (exact) mass is 858 g/mol. The molecule has 2 heterocycles. The lowest BCUT2D eigenvalue weighted by atomic mass is 9.86. The Bertz CT molecular complexity index is 1970. The first-order valence-electron chi connectivity index (χ1n) is 22.5. The molecule has 2 aliphatic heterocycles. The number of hydrogen-bond donors (Lipinski definition) is 0. The average molecular weight is 859 g/mol. The largest absolute Gasteiger partial charge is 0.497 e. The van der Waals surface area contributed by atoms with Crippen molar-refractivity contribution in [2.24, 2.45) is 5.41 Å². The fourth-order valence-corrected chi connectivity index (χ4v) is 13.3. The second-order valence-electron chi connectivity index (χ2n) is 18.5. The molecule has 0 bridgehead atoms. The van der Waals surface area contributed by atoms with E-state index in [2.05, 4.69) is 139 Å². The molecular formula is C54H70O7Si. The molecule has 1 saturated heterocycles. The Morgan fingerprint density at radius 2 is 1.40 bits per heavy atom. The van der Waals surface area contributed by atoms with Gasteiger partial charge in [-0.25, -0.2) is 0 Å². The number of hydrogen-bond acceptors (Lipinski definition) is 7. The van der Waals surface area contributed by atoms with Gasteiger partial charge in [0.15, 0.2) is 0 Å². The van der Waals surface area contributed by atoms with Gasteiger partial charge >= 0.3 is 0 Å². The van der Waals surface area contributed by atoms with Crippen LogP contribution in [0.15, 0.2) is 151 Å². The minimum atomic E-state index is -2.63. The van der Waals surface area contributed by atoms with Crippen molar-refractivity contribution in [3.05, 3.63) is 163 Å². The number of allylic oxidation sites excluding steroid dienone is 2. The van der Waals surface area contributed by atoms with E-state index >= 15 is 0 Å². The Balaban J connectivity index is 1.06. The van der Waals surface area contributed by atoms with Gasteiger partial charge in [0.05, 0.1) is 44.7 Å². The third-order valence-corrected chi connectivity index (χ3v) is 17.2. The van der Waals surface area contributed by atoms with Gasteiger partial charge in [-0.05, 0) is 97.6 Å². The minimum absolute atomic E-state index is 0.0227. The summed E-state index contributed by atoms with van der Waals surface area (Å²) in [5.74, 6) is 1.80. The van der Waals surface area contributed by atoms with Gasteiger partial charge in [0, 0.05) is 18.4 Å². The number of benzene rings is 4. The highest BCUT2D eigenvalue weighted by molar-refractivity contribution is 6.99. The zero-order chi connectivity index (χ0) is 44.0. The Labute approximate surface area is 373 Å². The Hall–Kier alpha value is -4.28. The Morgan fingerprint density at radius 1 is 0.774 bits per heavy atom. The van der Waals surface area contributed by atoms with Crippen LogP contribution in [0, 0.1) is 5.41 Å². The lowest BCUT2D eigenvalue weighted by Crippen LogP contribution is -2.66. The summed E-state index contributed by atoms with van der Waals surface area (Å²) >= 11 is 0. The number of rotatable bonds is 21. The molecule has 2 aliphatic rings. The lowest BCUT2D eigenvalue weighted by Gasteiger charge is -2.43. The third-order valence-electron chi connectivity index (χ3n) is 12.2. The van der Waals surface area contributed by atoms with E-state index in [0.29, 0.717) is 26.2 Å². The molecule has 0 aliphatic carbocycles. The van der Waals surface area contributed by atoms with Crippen molar-refractivity contribution < 1.29 is 32.8 Å². The van der Waals surface area contributed by atoms with Gasteiger partial charge < -0.3 is 32.8 Å². The summed E-state index contributed by atoms with van der Waals surface area (Å²) in [7, 11) is -0.954. The predicted octanol–water partition coefficient (Wildman–Crippen LogP) is 11.3. The van der Waals surface area contributed by atoms with E-state index in [0.717, 1.165) is 54.7 Å². The van der Waals surface area contributed by atoms with Crippen LogP contribution in [0.5, 0.6) is 5.75 Å². The molecule has 8 heteroatoms. The summed E-state index contributed by atoms with van der Waals surface area (Å²) < 4.78 is 44.9. The molecule has 62 heavy (non-hydrogen) atoms. The van der Waals surface area contributed by atoms with Gasteiger partial charge in [0.25, 0.3) is 8.32 Å². The second-order valence-corrected chi connectivity index (χ2v) is 22.8. The van der Waals surface area contributed by atoms with Crippen molar-refractivity contribution in [2.45, 2.75) is 129 Å². The number of methoxy groups -OCH3 is 1. The second kappa shape index (κ2) is 22.4. The Morgan fingerprint density at radius 3 is 2.03 bits per heavy atom. The zero-order valence-corrected chi connectivity index (χ0v) is 39.2. The van der Waals surface area contributed by atoms with Crippen molar-refractivity contribution >= 4 is 18.7 Å². The Kier molecular flexibility index (Phi) is 17.0. The van der Waals surface area contributed by atoms with E-state index in [4.69, 9.17) is 32.8 Å². The molecule has 0 aromatic heterocycles. The summed E-state index contributed by atoms with van der Waals surface area (Å²) in [6.45, 7) is 19.7. The first-order valence-corrected chi connectivity index (χ1v) is 24.4. The van der Waals surface area contributed by atoms with E-state index in [1.54, 1.807) is 7.11 Å². The fourth-order valence-electron chi connectivity index (χ4n) is 8.70. The van der Waals surface area contributed by atoms with Crippen LogP contribution in [0.2, 0.25) is 5.04 Å². The van der Waals surface area contributed by atoms with Crippen LogP contribution in [0.3, 0.4) is 0 Å². The summed E-state index contributed by atoms with van der Waals surface area (Å²) in [5.41, 5.74) is 3.06. The third kappa shape index (κ3) is 12.9. The van der Waals surface area contributed by atoms with Crippen molar-refractivity contribution in [3.63, 3.8) is 0 Å². The molecule has 5 atom stereocenters. The van der Waals surface area contributed by atoms with Crippen molar-refractivity contribution in [1.82, 2.24) is 0 Å². The van der Waals surface area contributed by atoms with Gasteiger partial charge in [-0.15, -0.1) is 0 Å². The van der Waals surface area contributed by atoms with Crippen LogP contribution in [0.4, 0.5) is 0 Å². The zero-order valence-electron chi connectivity index (χ0n) is 38.2. The first-order chi connectivity index (χ1) is 29.9. The van der Waals surface area contributed by atoms with Crippen LogP contribution in [0.1, 0.15) is 91.2 Å². The average Bonchev–Trinajstić information content (AvgIpc) is 3.28. The van der Waals surface area contributed by atoms with Crippen LogP contribution in [-0.2, 0) is 41.3 Å². The standard InChI is InChI=1S/C54H70O7Si/c1-41-35-47(60-48(36-41)32-34-59-62(53(3,4)5,49-22-14-10-15-23-49)50-24-16-11-17-25-50)31-33-54(6,7)52-26-18-21-46(61-52)37-51(57-39-44-27-29-45(55-8)30-28-44)42(2)58-40-56-38-43-19-12-9-13-20-43/h9-17,19-20,22-31,33,42,46-48,51H,1,18,21,32,34-40H2,2-8H3/t42-,46+,47+,48-,51-/m1/s1. The molecule has 6 rings (SSSR count). The van der Waals surface area contributed by atoms with E-state index in [9.17, 15) is 0 Å². The summed E-state index contributed by atoms with van der Waals surface area (Å²) in [4.78, 5) is 0. The maximum absolute atomic E-state index is 7.23. The summed E-state index contributed by atoms with van der Waals surface area (Å²) in [6.07, 6.45) is 11.2. The van der Waals surface area contributed by atoms with Crippen LogP contribution < -0.4 is 15.1 Å². The van der Waals surface area contributed by atoms with Gasteiger partial charge in [0.1, 0.15) is 24.4 Å². The summed E-state index contributed by atoms with van der Waals surface area (Å²) in [6, 6.07) is 39.8. The lowest BCUT2D eigenvalue weighted by molar-refractivity contribution is -0.147. The molecule has 7 nitrogen and oxygen atoms in total. The normalized spacial score (nSPS) is 19.8. The number of ether oxygens (including phenoxy) is 6. The van der Waals surface area contributed by atoms with Crippen molar-refractivity contribution in [1.29, 1.82) is 0 Å². The smallest absolute Gasteiger partial charge is 0.261 e. The molecule has 0 saturated carbocycles. The van der Waals surface area contributed by atoms with Crippen LogP contribution >= 0.6 is 0 Å². The SMILES string of the molecule is C=C1C[C@@H](CCO[Si](c2ccccc2)(c2ccccc2)C(C)(C)C)O[C@@H](C=CC(C)(C)C2=CCC[C@@H](C[C@@H](OCc3ccc(OC)cc3)[C@@H](C)OCOCc3ccccc3)O2)C1. The highest BCUT2D eigenvalue weighted by Gasteiger charge is 2.50. The van der Waals surface area contributed by atoms with E-state index in [-0.39, 0.29) is 47.8 Å². The molecule has 4 aromatic carbocycles. The summed E-state index contributed by atoms with van der Waals surface area (Å²) in [5, 5.41) is 2.51. The molecular weight excluding hydrogens is 789 g/mol. The van der Waals surface area contributed by atoms with Crippen LogP contribution in [-0.4, -0.2) is 59.3 Å². The topological polar surface area (TPSA) is 64.6 Å². The molecule has 0 unspecified atom stereocenters. The van der Waals surface area contributed by atoms with E-state index in [1.807, 2.05) is 42.5 Å². The molecule has 0 spiro atoms. The quantitative estimate of drug-likeness (QED) is 0.0358. The fraction of sp³-hybridized carbons (Fsp3) is 0.444. The minimum Gasteiger partial charge on any atom is -0.497 e. The van der Waals surface area contributed by atoms with Gasteiger partial charge in [-0.2, -0.15) is 0 Å². The molecule has 0 radical (unpaired) electrons.